The molecule has 3 nitrogen and oxygen atoms in total. The summed E-state index contributed by atoms with van der Waals surface area (Å²) in [6, 6.07) is 10.9. The molecule has 0 radical (unpaired) electrons. The van der Waals surface area contributed by atoms with Gasteiger partial charge < -0.3 is 9.15 Å². The van der Waals surface area contributed by atoms with E-state index in [2.05, 4.69) is 13.2 Å². The van der Waals surface area contributed by atoms with Crippen molar-refractivity contribution in [1.82, 2.24) is 0 Å². The highest BCUT2D eigenvalue weighted by Crippen LogP contribution is 2.24. The number of ether oxygens (including phenoxy) is 1. The second kappa shape index (κ2) is 5.76. The molecule has 0 aliphatic carbocycles. The molecule has 0 saturated heterocycles. The molecule has 0 atom stereocenters. The maximum absolute atomic E-state index is 12.7. The highest BCUT2D eigenvalue weighted by Gasteiger charge is 2.10. The highest BCUT2D eigenvalue weighted by molar-refractivity contribution is 5.92. The van der Waals surface area contributed by atoms with E-state index < -0.39 is 0 Å². The molecule has 0 bridgehead atoms. The average molecular weight is 306 g/mol. The number of hydrogen-bond donors (Lipinski definition) is 0. The van der Waals surface area contributed by atoms with Crippen molar-refractivity contribution in [1.29, 1.82) is 0 Å². The third-order valence-corrected chi connectivity index (χ3v) is 3.80. The SMILES string of the molecule is C=C(C)c1ccc2c(=O)c3cc(C(=C)OCC)ccc3oc2c1. The highest BCUT2D eigenvalue weighted by atomic mass is 16.5. The van der Waals surface area contributed by atoms with Gasteiger partial charge in [-0.15, -0.1) is 0 Å². The summed E-state index contributed by atoms with van der Waals surface area (Å²) in [5.74, 6) is 0.548. The summed E-state index contributed by atoms with van der Waals surface area (Å²) in [6.45, 7) is 12.2. The Balaban J connectivity index is 2.25. The van der Waals surface area contributed by atoms with E-state index in [-0.39, 0.29) is 5.43 Å². The van der Waals surface area contributed by atoms with Gasteiger partial charge in [-0.2, -0.15) is 0 Å². The van der Waals surface area contributed by atoms with Crippen LogP contribution < -0.4 is 5.43 Å². The van der Waals surface area contributed by atoms with E-state index in [1.165, 1.54) is 0 Å². The smallest absolute Gasteiger partial charge is 0.200 e. The van der Waals surface area contributed by atoms with Crippen LogP contribution in [-0.4, -0.2) is 6.61 Å². The second-order valence-corrected chi connectivity index (χ2v) is 5.49. The van der Waals surface area contributed by atoms with Crippen LogP contribution in [0, 0.1) is 0 Å². The molecule has 0 spiro atoms. The summed E-state index contributed by atoms with van der Waals surface area (Å²) in [4.78, 5) is 12.7. The van der Waals surface area contributed by atoms with E-state index in [4.69, 9.17) is 9.15 Å². The van der Waals surface area contributed by atoms with Crippen molar-refractivity contribution in [2.24, 2.45) is 0 Å². The van der Waals surface area contributed by atoms with Gasteiger partial charge in [0.1, 0.15) is 16.9 Å². The summed E-state index contributed by atoms with van der Waals surface area (Å²) in [7, 11) is 0. The molecule has 3 heteroatoms. The molecule has 0 aliphatic rings. The summed E-state index contributed by atoms with van der Waals surface area (Å²) in [5.41, 5.74) is 3.73. The maximum Gasteiger partial charge on any atom is 0.200 e. The van der Waals surface area contributed by atoms with Crippen LogP contribution in [0.2, 0.25) is 0 Å². The van der Waals surface area contributed by atoms with Crippen LogP contribution in [-0.2, 0) is 4.74 Å². The van der Waals surface area contributed by atoms with E-state index in [0.29, 0.717) is 34.3 Å². The fraction of sp³-hybridized carbons (Fsp3) is 0.150. The van der Waals surface area contributed by atoms with Crippen molar-refractivity contribution in [2.45, 2.75) is 13.8 Å². The van der Waals surface area contributed by atoms with Crippen molar-refractivity contribution in [3.8, 4) is 0 Å². The summed E-state index contributed by atoms with van der Waals surface area (Å²) >= 11 is 0. The first-order valence-corrected chi connectivity index (χ1v) is 7.50. The number of benzene rings is 2. The predicted molar refractivity (Wildman–Crippen MR) is 95.4 cm³/mol. The maximum atomic E-state index is 12.7. The minimum absolute atomic E-state index is 0.0549. The molecule has 3 rings (SSSR count). The Labute approximate surface area is 134 Å². The van der Waals surface area contributed by atoms with E-state index in [1.807, 2.05) is 32.0 Å². The minimum atomic E-state index is -0.0549. The normalized spacial score (nSPS) is 10.9. The Kier molecular flexibility index (Phi) is 3.78. The average Bonchev–Trinajstić information content (AvgIpc) is 2.54. The van der Waals surface area contributed by atoms with Crippen LogP contribution in [0.1, 0.15) is 25.0 Å². The summed E-state index contributed by atoms with van der Waals surface area (Å²) in [5, 5.41) is 1.08. The molecule has 0 N–H and O–H groups in total. The van der Waals surface area contributed by atoms with E-state index in [0.717, 1.165) is 16.7 Å². The van der Waals surface area contributed by atoms with Crippen molar-refractivity contribution in [3.63, 3.8) is 0 Å². The molecule has 116 valence electrons. The van der Waals surface area contributed by atoms with Crippen molar-refractivity contribution in [3.05, 3.63) is 70.9 Å². The lowest BCUT2D eigenvalue weighted by Crippen LogP contribution is -2.03. The zero-order valence-electron chi connectivity index (χ0n) is 13.3. The Morgan fingerprint density at radius 2 is 1.78 bits per heavy atom. The van der Waals surface area contributed by atoms with Gasteiger partial charge in [-0.05, 0) is 49.7 Å². The van der Waals surface area contributed by atoms with Gasteiger partial charge in [-0.1, -0.05) is 24.8 Å². The lowest BCUT2D eigenvalue weighted by Gasteiger charge is -2.08. The first-order valence-electron chi connectivity index (χ1n) is 7.50. The predicted octanol–water partition coefficient (Wildman–Crippen LogP) is 4.99. The number of allylic oxidation sites excluding steroid dienone is 1. The van der Waals surface area contributed by atoms with Crippen molar-refractivity contribution < 1.29 is 9.15 Å². The second-order valence-electron chi connectivity index (χ2n) is 5.49. The van der Waals surface area contributed by atoms with E-state index in [9.17, 15) is 4.79 Å². The zero-order valence-corrected chi connectivity index (χ0v) is 13.3. The quantitative estimate of drug-likeness (QED) is 0.504. The Morgan fingerprint density at radius 1 is 1.04 bits per heavy atom. The topological polar surface area (TPSA) is 39.4 Å². The van der Waals surface area contributed by atoms with Gasteiger partial charge in [-0.3, -0.25) is 4.79 Å². The van der Waals surface area contributed by atoms with Gasteiger partial charge in [0, 0.05) is 5.56 Å². The Bertz CT molecular complexity index is 993. The van der Waals surface area contributed by atoms with Gasteiger partial charge in [-0.25, -0.2) is 0 Å². The van der Waals surface area contributed by atoms with Gasteiger partial charge in [0.2, 0.25) is 5.43 Å². The fourth-order valence-electron chi connectivity index (χ4n) is 2.55. The summed E-state index contributed by atoms with van der Waals surface area (Å²) in [6.07, 6.45) is 0. The Morgan fingerprint density at radius 3 is 2.48 bits per heavy atom. The van der Waals surface area contributed by atoms with E-state index in [1.54, 1.807) is 18.2 Å². The summed E-state index contributed by atoms with van der Waals surface area (Å²) < 4.78 is 11.3. The zero-order chi connectivity index (χ0) is 16.6. The van der Waals surface area contributed by atoms with Crippen LogP contribution in [0.4, 0.5) is 0 Å². The fourth-order valence-corrected chi connectivity index (χ4v) is 2.55. The minimum Gasteiger partial charge on any atom is -0.494 e. The van der Waals surface area contributed by atoms with Crippen LogP contribution >= 0.6 is 0 Å². The molecule has 0 aliphatic heterocycles. The molecule has 1 aromatic heterocycles. The molecule has 0 unspecified atom stereocenters. The van der Waals surface area contributed by atoms with Gasteiger partial charge in [0.15, 0.2) is 0 Å². The van der Waals surface area contributed by atoms with Crippen LogP contribution in [0.5, 0.6) is 0 Å². The number of fused-ring (bicyclic) bond motifs is 2. The standard InChI is InChI=1S/C20H18O3/c1-5-22-13(4)15-7-9-18-17(10-15)20(21)16-8-6-14(12(2)3)11-19(16)23-18/h6-11H,2,4-5H2,1,3H3. The number of rotatable bonds is 4. The molecular weight excluding hydrogens is 288 g/mol. The lowest BCUT2D eigenvalue weighted by molar-refractivity contribution is 0.299. The van der Waals surface area contributed by atoms with Crippen molar-refractivity contribution >= 4 is 33.3 Å². The molecular formula is C20H18O3. The van der Waals surface area contributed by atoms with Gasteiger partial charge in [0.25, 0.3) is 0 Å². The third-order valence-electron chi connectivity index (χ3n) is 3.80. The molecule has 3 aromatic rings. The molecule has 0 amide bonds. The van der Waals surface area contributed by atoms with Crippen LogP contribution in [0.3, 0.4) is 0 Å². The largest absolute Gasteiger partial charge is 0.494 e. The molecule has 0 saturated carbocycles. The number of hydrogen-bond acceptors (Lipinski definition) is 3. The van der Waals surface area contributed by atoms with Crippen molar-refractivity contribution in [2.75, 3.05) is 6.61 Å². The molecule has 2 aromatic carbocycles. The monoisotopic (exact) mass is 306 g/mol. The van der Waals surface area contributed by atoms with Crippen LogP contribution in [0.25, 0.3) is 33.3 Å². The molecule has 1 heterocycles. The van der Waals surface area contributed by atoms with Gasteiger partial charge in [0.05, 0.1) is 17.4 Å². The first kappa shape index (κ1) is 15.1. The van der Waals surface area contributed by atoms with Crippen LogP contribution in [0.15, 0.2) is 58.8 Å². The molecule has 0 fully saturated rings. The van der Waals surface area contributed by atoms with Gasteiger partial charge >= 0.3 is 0 Å². The lowest BCUT2D eigenvalue weighted by atomic mass is 10.0. The molecule has 23 heavy (non-hydrogen) atoms. The van der Waals surface area contributed by atoms with E-state index >= 15 is 0 Å². The first-order chi connectivity index (χ1) is 11.0. The third kappa shape index (κ3) is 2.66. The Hall–Kier alpha value is -2.81.